The number of hydrogen-bond acceptors (Lipinski definition) is 4. The fourth-order valence-corrected chi connectivity index (χ4v) is 3.27. The van der Waals surface area contributed by atoms with E-state index in [-0.39, 0.29) is 5.75 Å². The molecule has 1 N–H and O–H groups in total. The summed E-state index contributed by atoms with van der Waals surface area (Å²) < 4.78 is 33.1. The number of ether oxygens (including phenoxy) is 1. The van der Waals surface area contributed by atoms with E-state index >= 15 is 0 Å². The summed E-state index contributed by atoms with van der Waals surface area (Å²) in [5, 5.41) is 11.4. The van der Waals surface area contributed by atoms with Crippen LogP contribution in [0.25, 0.3) is 11.4 Å². The predicted molar refractivity (Wildman–Crippen MR) is 111 cm³/mol. The number of benzene rings is 1. The van der Waals surface area contributed by atoms with Crippen molar-refractivity contribution in [2.24, 2.45) is 11.0 Å². The minimum absolute atomic E-state index is 0.0746. The van der Waals surface area contributed by atoms with Gasteiger partial charge in [0, 0.05) is 29.1 Å². The first-order valence-corrected chi connectivity index (χ1v) is 9.61. The smallest absolute Gasteiger partial charge is 0.387 e. The number of aromatic amines is 1. The molecule has 0 bridgehead atoms. The molecule has 0 aliphatic rings. The first kappa shape index (κ1) is 20.9. The van der Waals surface area contributed by atoms with Gasteiger partial charge in [0.15, 0.2) is 5.82 Å². The van der Waals surface area contributed by atoms with Crippen molar-refractivity contribution in [1.82, 2.24) is 19.4 Å². The van der Waals surface area contributed by atoms with Crippen molar-refractivity contribution < 1.29 is 13.5 Å². The Labute approximate surface area is 172 Å². The molecule has 3 rings (SSSR count). The highest BCUT2D eigenvalue weighted by Gasteiger charge is 2.12. The van der Waals surface area contributed by atoms with Crippen LogP contribution in [0.2, 0.25) is 0 Å². The maximum absolute atomic E-state index is 12.3. The highest BCUT2D eigenvalue weighted by Crippen LogP contribution is 2.22. The molecular weight excluding hydrogens is 396 g/mol. The monoisotopic (exact) mass is 419 g/mol. The fourth-order valence-electron chi connectivity index (χ4n) is 3.10. The number of hydrogen-bond donors (Lipinski definition) is 1. The van der Waals surface area contributed by atoms with E-state index in [0.717, 1.165) is 17.8 Å². The predicted octanol–water partition coefficient (Wildman–Crippen LogP) is 5.17. The van der Waals surface area contributed by atoms with E-state index in [2.05, 4.69) is 58.4 Å². The lowest BCUT2D eigenvalue weighted by Crippen LogP contribution is -2.08. The van der Waals surface area contributed by atoms with Crippen molar-refractivity contribution in [2.75, 3.05) is 0 Å². The topological polar surface area (TPSA) is 60.1 Å². The van der Waals surface area contributed by atoms with E-state index in [0.29, 0.717) is 22.1 Å². The average Bonchev–Trinajstić information content (AvgIpc) is 3.14. The fraction of sp³-hybridized carbons (Fsp3) is 0.350. The van der Waals surface area contributed by atoms with Crippen molar-refractivity contribution in [2.45, 2.75) is 40.9 Å². The molecule has 154 valence electrons. The average molecular weight is 420 g/mol. The summed E-state index contributed by atoms with van der Waals surface area (Å²) in [5.41, 5.74) is 3.97. The molecule has 0 amide bonds. The zero-order chi connectivity index (χ0) is 21.1. The first-order chi connectivity index (χ1) is 13.8. The van der Waals surface area contributed by atoms with Gasteiger partial charge in [0.2, 0.25) is 4.77 Å². The molecule has 9 heteroatoms. The molecular formula is C20H23F2N5OS. The molecule has 29 heavy (non-hydrogen) atoms. The number of H-pyrrole nitrogens is 1. The summed E-state index contributed by atoms with van der Waals surface area (Å²) in [4.78, 5) is 0. The number of nitrogens with zero attached hydrogens (tertiary/aromatic N) is 4. The Morgan fingerprint density at radius 2 is 1.93 bits per heavy atom. The number of halogens is 2. The molecule has 2 aromatic heterocycles. The molecule has 0 unspecified atom stereocenters. The van der Waals surface area contributed by atoms with Crippen molar-refractivity contribution >= 4 is 18.4 Å². The maximum atomic E-state index is 12.3. The Kier molecular flexibility index (Phi) is 6.26. The van der Waals surface area contributed by atoms with Gasteiger partial charge < -0.3 is 9.30 Å². The highest BCUT2D eigenvalue weighted by molar-refractivity contribution is 7.71. The van der Waals surface area contributed by atoms with Gasteiger partial charge in [-0.15, -0.1) is 0 Å². The SMILES string of the molecule is Cc1cc(/C=N\n2c(-c3ccc(OC(F)F)cc3)n[nH]c2=S)c(C)n1CC(C)C. The molecule has 0 aliphatic carbocycles. The van der Waals surface area contributed by atoms with Gasteiger partial charge in [0.05, 0.1) is 6.21 Å². The van der Waals surface area contributed by atoms with Crippen molar-refractivity contribution in [3.63, 3.8) is 0 Å². The largest absolute Gasteiger partial charge is 0.435 e. The third-order valence-corrected chi connectivity index (χ3v) is 4.73. The van der Waals surface area contributed by atoms with Gasteiger partial charge in [-0.05, 0) is 62.3 Å². The molecule has 0 saturated heterocycles. The minimum atomic E-state index is -2.87. The number of aryl methyl sites for hydroxylation is 1. The Bertz CT molecular complexity index is 1060. The lowest BCUT2D eigenvalue weighted by atomic mass is 10.2. The van der Waals surface area contributed by atoms with Gasteiger partial charge >= 0.3 is 6.61 Å². The zero-order valence-electron chi connectivity index (χ0n) is 16.7. The number of nitrogens with one attached hydrogen (secondary N) is 1. The first-order valence-electron chi connectivity index (χ1n) is 9.20. The summed E-state index contributed by atoms with van der Waals surface area (Å²) in [7, 11) is 0. The lowest BCUT2D eigenvalue weighted by molar-refractivity contribution is -0.0498. The summed E-state index contributed by atoms with van der Waals surface area (Å²) in [6, 6.07) is 8.24. The Morgan fingerprint density at radius 1 is 1.24 bits per heavy atom. The van der Waals surface area contributed by atoms with Crippen LogP contribution in [0.1, 0.15) is 30.8 Å². The van der Waals surface area contributed by atoms with Crippen molar-refractivity contribution in [1.29, 1.82) is 0 Å². The zero-order valence-corrected chi connectivity index (χ0v) is 17.5. The summed E-state index contributed by atoms with van der Waals surface area (Å²) in [5.74, 6) is 1.09. The number of alkyl halides is 2. The van der Waals surface area contributed by atoms with Crippen LogP contribution in [0.15, 0.2) is 35.4 Å². The Morgan fingerprint density at radius 3 is 2.55 bits per heavy atom. The molecule has 2 heterocycles. The Balaban J connectivity index is 1.90. The summed E-state index contributed by atoms with van der Waals surface area (Å²) in [6.45, 7) is 6.57. The highest BCUT2D eigenvalue weighted by atomic mass is 32.1. The summed E-state index contributed by atoms with van der Waals surface area (Å²) >= 11 is 5.29. The molecule has 1 aromatic carbocycles. The maximum Gasteiger partial charge on any atom is 0.387 e. The second-order valence-electron chi connectivity index (χ2n) is 7.14. The van der Waals surface area contributed by atoms with Crippen LogP contribution in [0, 0.1) is 24.5 Å². The van der Waals surface area contributed by atoms with E-state index in [1.165, 1.54) is 22.5 Å². The minimum Gasteiger partial charge on any atom is -0.435 e. The number of rotatable bonds is 7. The lowest BCUT2D eigenvalue weighted by Gasteiger charge is -2.11. The van der Waals surface area contributed by atoms with E-state index in [4.69, 9.17) is 12.2 Å². The van der Waals surface area contributed by atoms with Gasteiger partial charge in [0.1, 0.15) is 5.75 Å². The second-order valence-corrected chi connectivity index (χ2v) is 7.53. The summed E-state index contributed by atoms with van der Waals surface area (Å²) in [6.07, 6.45) is 1.75. The second kappa shape index (κ2) is 8.69. The van der Waals surface area contributed by atoms with Crippen LogP contribution in [0.5, 0.6) is 5.75 Å². The molecule has 0 saturated carbocycles. The van der Waals surface area contributed by atoms with Gasteiger partial charge in [-0.3, -0.25) is 0 Å². The van der Waals surface area contributed by atoms with E-state index in [1.807, 2.05) is 0 Å². The van der Waals surface area contributed by atoms with Crippen LogP contribution in [-0.2, 0) is 6.54 Å². The van der Waals surface area contributed by atoms with Crippen LogP contribution in [0.4, 0.5) is 8.78 Å². The molecule has 6 nitrogen and oxygen atoms in total. The van der Waals surface area contributed by atoms with Crippen molar-refractivity contribution in [3.8, 4) is 17.1 Å². The van der Waals surface area contributed by atoms with Gasteiger partial charge in [0.25, 0.3) is 0 Å². The van der Waals surface area contributed by atoms with Crippen LogP contribution < -0.4 is 4.74 Å². The Hall–Kier alpha value is -2.81. The van der Waals surface area contributed by atoms with Crippen LogP contribution in [-0.4, -0.2) is 32.3 Å². The molecule has 3 aromatic rings. The van der Waals surface area contributed by atoms with E-state index < -0.39 is 6.61 Å². The van der Waals surface area contributed by atoms with Crippen LogP contribution >= 0.6 is 12.2 Å². The van der Waals surface area contributed by atoms with E-state index in [9.17, 15) is 8.78 Å². The molecule has 0 fully saturated rings. The normalized spacial score (nSPS) is 11.9. The van der Waals surface area contributed by atoms with Crippen LogP contribution in [0.3, 0.4) is 0 Å². The van der Waals surface area contributed by atoms with Crippen molar-refractivity contribution in [3.05, 3.63) is 52.1 Å². The van der Waals surface area contributed by atoms with Gasteiger partial charge in [-0.1, -0.05) is 13.8 Å². The molecule has 0 aliphatic heterocycles. The third-order valence-electron chi connectivity index (χ3n) is 4.46. The van der Waals surface area contributed by atoms with Gasteiger partial charge in [-0.25, -0.2) is 5.10 Å². The number of aromatic nitrogens is 4. The van der Waals surface area contributed by atoms with Gasteiger partial charge in [-0.2, -0.15) is 23.7 Å². The standard InChI is InChI=1S/C20H23F2N5OS/c1-12(2)11-26-13(3)9-16(14(26)4)10-23-27-18(24-25-20(27)29)15-5-7-17(8-6-15)28-19(21)22/h5-10,12,19H,11H2,1-4H3,(H,25,29)/b23-10-. The quantitative estimate of drug-likeness (QED) is 0.425. The molecule has 0 atom stereocenters. The van der Waals surface area contributed by atoms with E-state index in [1.54, 1.807) is 18.3 Å². The molecule has 0 spiro atoms. The third kappa shape index (κ3) is 4.79. The molecule has 0 radical (unpaired) electrons.